The Balaban J connectivity index is 2.28. The maximum absolute atomic E-state index is 12.6. The van der Waals surface area contributed by atoms with Crippen LogP contribution in [-0.4, -0.2) is 49.7 Å². The van der Waals surface area contributed by atoms with Crippen molar-refractivity contribution in [3.05, 3.63) is 0 Å². The van der Waals surface area contributed by atoms with Crippen molar-refractivity contribution in [2.75, 3.05) is 33.3 Å². The molecule has 116 valence electrons. The second-order valence-electron chi connectivity index (χ2n) is 7.28. The molecule has 1 saturated carbocycles. The topological polar surface area (TPSA) is 41.6 Å². The Morgan fingerprint density at radius 3 is 2.65 bits per heavy atom. The molecule has 1 aliphatic heterocycles. The summed E-state index contributed by atoms with van der Waals surface area (Å²) in [6.45, 7) is 10.8. The third kappa shape index (κ3) is 2.86. The van der Waals surface area contributed by atoms with Crippen molar-refractivity contribution in [2.45, 2.75) is 52.0 Å². The minimum absolute atomic E-state index is 0.0256. The molecule has 0 spiro atoms. The third-order valence-electron chi connectivity index (χ3n) is 5.30. The van der Waals surface area contributed by atoms with E-state index in [0.717, 1.165) is 51.9 Å². The number of hydrogen-bond donors (Lipinski definition) is 1. The summed E-state index contributed by atoms with van der Waals surface area (Å²) in [5.41, 5.74) is -0.0721. The number of esters is 1. The molecule has 0 aromatic carbocycles. The number of nitrogens with one attached hydrogen (secondary N) is 1. The van der Waals surface area contributed by atoms with Gasteiger partial charge in [0.1, 0.15) is 5.54 Å². The lowest BCUT2D eigenvalue weighted by molar-refractivity contribution is -0.165. The highest BCUT2D eigenvalue weighted by atomic mass is 16.5. The highest BCUT2D eigenvalue weighted by molar-refractivity contribution is 5.81. The summed E-state index contributed by atoms with van der Waals surface area (Å²) in [7, 11) is 1.53. The second-order valence-corrected chi connectivity index (χ2v) is 7.28. The smallest absolute Gasteiger partial charge is 0.326 e. The van der Waals surface area contributed by atoms with Crippen molar-refractivity contribution in [3.63, 3.8) is 0 Å². The zero-order valence-electron chi connectivity index (χ0n) is 13.5. The van der Waals surface area contributed by atoms with E-state index in [9.17, 15) is 4.79 Å². The van der Waals surface area contributed by atoms with Crippen LogP contribution in [-0.2, 0) is 9.53 Å². The van der Waals surface area contributed by atoms with Crippen molar-refractivity contribution >= 4 is 5.97 Å². The molecule has 4 heteroatoms. The molecule has 20 heavy (non-hydrogen) atoms. The molecule has 2 rings (SSSR count). The van der Waals surface area contributed by atoms with E-state index in [1.807, 2.05) is 0 Å². The van der Waals surface area contributed by atoms with Crippen LogP contribution in [0.5, 0.6) is 0 Å². The second kappa shape index (κ2) is 6.02. The number of carbonyl (C=O) groups is 1. The van der Waals surface area contributed by atoms with E-state index in [1.165, 1.54) is 7.11 Å². The van der Waals surface area contributed by atoms with Crippen LogP contribution in [0.25, 0.3) is 0 Å². The van der Waals surface area contributed by atoms with Crippen LogP contribution in [0.15, 0.2) is 0 Å². The first-order valence-corrected chi connectivity index (χ1v) is 7.96. The highest BCUT2D eigenvalue weighted by Crippen LogP contribution is 2.47. The van der Waals surface area contributed by atoms with Crippen molar-refractivity contribution in [1.82, 2.24) is 10.2 Å². The van der Waals surface area contributed by atoms with Crippen LogP contribution in [0.1, 0.15) is 46.5 Å². The van der Waals surface area contributed by atoms with Gasteiger partial charge in [-0.1, -0.05) is 20.8 Å². The van der Waals surface area contributed by atoms with Gasteiger partial charge >= 0.3 is 5.97 Å². The summed E-state index contributed by atoms with van der Waals surface area (Å²) in [6, 6.07) is 0. The van der Waals surface area contributed by atoms with Crippen molar-refractivity contribution in [1.29, 1.82) is 0 Å². The van der Waals surface area contributed by atoms with Gasteiger partial charge in [0, 0.05) is 19.6 Å². The number of rotatable bonds is 2. The average molecular weight is 282 g/mol. The van der Waals surface area contributed by atoms with E-state index in [1.54, 1.807) is 0 Å². The number of nitrogens with zero attached hydrogens (tertiary/aromatic N) is 1. The van der Waals surface area contributed by atoms with Gasteiger partial charge in [0.15, 0.2) is 0 Å². The Morgan fingerprint density at radius 1 is 1.25 bits per heavy atom. The Labute approximate surface area is 123 Å². The van der Waals surface area contributed by atoms with E-state index in [-0.39, 0.29) is 5.97 Å². The van der Waals surface area contributed by atoms with E-state index in [2.05, 4.69) is 31.0 Å². The number of ether oxygens (including phenoxy) is 1. The van der Waals surface area contributed by atoms with Crippen LogP contribution in [0.3, 0.4) is 0 Å². The molecule has 0 radical (unpaired) electrons. The van der Waals surface area contributed by atoms with Gasteiger partial charge in [-0.05, 0) is 43.6 Å². The molecule has 1 N–H and O–H groups in total. The summed E-state index contributed by atoms with van der Waals surface area (Å²) < 4.78 is 5.22. The van der Waals surface area contributed by atoms with Gasteiger partial charge in [0.2, 0.25) is 0 Å². The molecule has 1 heterocycles. The minimum atomic E-state index is -0.406. The average Bonchev–Trinajstić information content (AvgIpc) is 2.67. The van der Waals surface area contributed by atoms with E-state index in [4.69, 9.17) is 4.74 Å². The van der Waals surface area contributed by atoms with Crippen molar-refractivity contribution in [3.8, 4) is 0 Å². The quantitative estimate of drug-likeness (QED) is 0.787. The molecule has 2 aliphatic rings. The maximum Gasteiger partial charge on any atom is 0.326 e. The Hall–Kier alpha value is -0.610. The molecule has 0 amide bonds. The fourth-order valence-electron chi connectivity index (χ4n) is 4.20. The number of methoxy groups -OCH3 is 1. The van der Waals surface area contributed by atoms with Gasteiger partial charge in [-0.3, -0.25) is 9.69 Å². The van der Waals surface area contributed by atoms with Gasteiger partial charge in [0.25, 0.3) is 0 Å². The van der Waals surface area contributed by atoms with Gasteiger partial charge < -0.3 is 10.1 Å². The highest BCUT2D eigenvalue weighted by Gasteiger charge is 2.53. The van der Waals surface area contributed by atoms with Crippen molar-refractivity contribution < 1.29 is 9.53 Å². The number of carbonyl (C=O) groups excluding carboxylic acids is 1. The monoisotopic (exact) mass is 282 g/mol. The number of hydrogen-bond acceptors (Lipinski definition) is 4. The lowest BCUT2D eigenvalue weighted by Crippen LogP contribution is -2.62. The van der Waals surface area contributed by atoms with Gasteiger partial charge in [0.05, 0.1) is 7.11 Å². The standard InChI is InChI=1S/C16H30N2O2/c1-13-12-15(2,3)6-7-16(13,14(19)20-4)18-10-5-8-17-9-11-18/h13,17H,5-12H2,1-4H3. The molecule has 0 aromatic rings. The normalized spacial score (nSPS) is 35.3. The van der Waals surface area contributed by atoms with Gasteiger partial charge in [-0.25, -0.2) is 0 Å². The molecule has 1 saturated heterocycles. The van der Waals surface area contributed by atoms with Crippen molar-refractivity contribution in [2.24, 2.45) is 11.3 Å². The molecule has 1 aliphatic carbocycles. The molecular formula is C16H30N2O2. The summed E-state index contributed by atoms with van der Waals surface area (Å²) >= 11 is 0. The lowest BCUT2D eigenvalue weighted by atomic mass is 9.63. The first-order chi connectivity index (χ1) is 9.42. The summed E-state index contributed by atoms with van der Waals surface area (Å²) in [5, 5.41) is 3.43. The Morgan fingerprint density at radius 2 is 2.00 bits per heavy atom. The van der Waals surface area contributed by atoms with Gasteiger partial charge in [-0.15, -0.1) is 0 Å². The van der Waals surface area contributed by atoms with Crippen LogP contribution >= 0.6 is 0 Å². The molecule has 2 unspecified atom stereocenters. The summed E-state index contributed by atoms with van der Waals surface area (Å²) in [5.74, 6) is 0.319. The van der Waals surface area contributed by atoms with Crippen LogP contribution in [0.4, 0.5) is 0 Å². The molecule has 0 bridgehead atoms. The third-order valence-corrected chi connectivity index (χ3v) is 5.30. The molecule has 2 atom stereocenters. The Kier molecular flexibility index (Phi) is 4.75. The van der Waals surface area contributed by atoms with E-state index < -0.39 is 5.54 Å². The van der Waals surface area contributed by atoms with Crippen LogP contribution in [0, 0.1) is 11.3 Å². The van der Waals surface area contributed by atoms with E-state index >= 15 is 0 Å². The first-order valence-electron chi connectivity index (χ1n) is 7.96. The SMILES string of the molecule is COC(=O)C1(N2CCCNCC2)CCC(C)(C)CC1C. The van der Waals surface area contributed by atoms with Gasteiger partial charge in [-0.2, -0.15) is 0 Å². The lowest BCUT2D eigenvalue weighted by Gasteiger charge is -2.51. The zero-order chi connectivity index (χ0) is 14.8. The molecule has 2 fully saturated rings. The maximum atomic E-state index is 12.6. The minimum Gasteiger partial charge on any atom is -0.468 e. The van der Waals surface area contributed by atoms with E-state index in [0.29, 0.717) is 11.3 Å². The Bertz CT molecular complexity index is 348. The molecule has 0 aromatic heterocycles. The van der Waals surface area contributed by atoms with Crippen LogP contribution in [0.2, 0.25) is 0 Å². The predicted molar refractivity (Wildman–Crippen MR) is 80.6 cm³/mol. The predicted octanol–water partition coefficient (Wildman–Crippen LogP) is 2.04. The molecular weight excluding hydrogens is 252 g/mol. The fourth-order valence-corrected chi connectivity index (χ4v) is 4.20. The molecule has 4 nitrogen and oxygen atoms in total. The summed E-state index contributed by atoms with van der Waals surface area (Å²) in [6.07, 6.45) is 4.21. The zero-order valence-corrected chi connectivity index (χ0v) is 13.5. The fraction of sp³-hybridized carbons (Fsp3) is 0.938. The first kappa shape index (κ1) is 15.8. The summed E-state index contributed by atoms with van der Waals surface area (Å²) in [4.78, 5) is 15.0. The largest absolute Gasteiger partial charge is 0.468 e. The van der Waals surface area contributed by atoms with Crippen LogP contribution < -0.4 is 5.32 Å².